The molecule has 7 heteroatoms. The number of morpholine rings is 1. The highest BCUT2D eigenvalue weighted by molar-refractivity contribution is 6.05. The Hall–Kier alpha value is -3.86. The smallest absolute Gasteiger partial charge is 0.255 e. The average molecular weight is 428 g/mol. The Kier molecular flexibility index (Phi) is 6.66. The topological polar surface area (TPSA) is 101 Å². The summed E-state index contributed by atoms with van der Waals surface area (Å²) in [6, 6.07) is 14.5. The third-order valence-corrected chi connectivity index (χ3v) is 5.21. The molecule has 1 aliphatic heterocycles. The first kappa shape index (κ1) is 21.4. The summed E-state index contributed by atoms with van der Waals surface area (Å²) in [5, 5.41) is 13.1. The Balaban J connectivity index is 1.43. The summed E-state index contributed by atoms with van der Waals surface area (Å²) in [4.78, 5) is 18.5. The number of aromatic hydroxyl groups is 1. The average Bonchev–Trinajstić information content (AvgIpc) is 2.84. The highest BCUT2D eigenvalue weighted by atomic mass is 16.5. The molecule has 1 saturated heterocycles. The number of rotatable bonds is 4. The second kappa shape index (κ2) is 9.96. The Labute approximate surface area is 186 Å². The molecule has 32 heavy (non-hydrogen) atoms. The van der Waals surface area contributed by atoms with E-state index in [9.17, 15) is 9.90 Å². The van der Waals surface area contributed by atoms with Crippen molar-refractivity contribution >= 4 is 17.3 Å². The van der Waals surface area contributed by atoms with E-state index in [1.165, 1.54) is 18.0 Å². The number of carbonyl (C=O) groups is 1. The first-order valence-corrected chi connectivity index (χ1v) is 10.3. The van der Waals surface area contributed by atoms with Crippen LogP contribution in [0.2, 0.25) is 0 Å². The van der Waals surface area contributed by atoms with Crippen LogP contribution < -0.4 is 11.1 Å². The van der Waals surface area contributed by atoms with E-state index in [0.717, 1.165) is 38.4 Å². The van der Waals surface area contributed by atoms with Crippen LogP contribution in [-0.4, -0.2) is 47.2 Å². The zero-order valence-corrected chi connectivity index (χ0v) is 17.5. The van der Waals surface area contributed by atoms with Gasteiger partial charge in [0.1, 0.15) is 0 Å². The van der Waals surface area contributed by atoms with Crippen molar-refractivity contribution in [3.63, 3.8) is 0 Å². The minimum Gasteiger partial charge on any atom is -0.504 e. The number of aromatic nitrogens is 1. The van der Waals surface area contributed by atoms with Gasteiger partial charge in [-0.05, 0) is 42.0 Å². The number of hydrogen-bond donors (Lipinski definition) is 3. The fourth-order valence-corrected chi connectivity index (χ4v) is 3.37. The van der Waals surface area contributed by atoms with Crippen molar-refractivity contribution in [1.82, 2.24) is 9.88 Å². The number of amides is 1. The number of ether oxygens (including phenoxy) is 1. The number of nitrogens with two attached hydrogens (primary N) is 1. The first-order chi connectivity index (χ1) is 15.6. The number of carbonyl (C=O) groups excluding carboxylic acids is 1. The molecule has 4 rings (SSSR count). The second-order valence-electron chi connectivity index (χ2n) is 7.45. The van der Waals surface area contributed by atoms with Crippen LogP contribution in [0.3, 0.4) is 0 Å². The molecule has 0 radical (unpaired) electrons. The van der Waals surface area contributed by atoms with Gasteiger partial charge in [0.25, 0.3) is 5.91 Å². The molecule has 0 unspecified atom stereocenters. The molecule has 0 aliphatic carbocycles. The van der Waals surface area contributed by atoms with Crippen LogP contribution in [0.15, 0.2) is 60.9 Å². The molecule has 2 heterocycles. The third-order valence-electron chi connectivity index (χ3n) is 5.21. The maximum Gasteiger partial charge on any atom is 0.255 e. The number of anilines is 2. The third kappa shape index (κ3) is 5.24. The minimum atomic E-state index is -0.363. The molecule has 162 valence electrons. The van der Waals surface area contributed by atoms with Gasteiger partial charge in [0.05, 0.1) is 30.2 Å². The Morgan fingerprint density at radius 3 is 2.50 bits per heavy atom. The highest BCUT2D eigenvalue weighted by Crippen LogP contribution is 2.32. The van der Waals surface area contributed by atoms with Crippen LogP contribution in [0, 0.1) is 11.8 Å². The number of nitrogen functional groups attached to an aromatic ring is 1. The van der Waals surface area contributed by atoms with E-state index < -0.39 is 0 Å². The molecule has 1 aromatic heterocycles. The van der Waals surface area contributed by atoms with Crippen LogP contribution in [0.4, 0.5) is 11.4 Å². The largest absolute Gasteiger partial charge is 0.504 e. The predicted molar refractivity (Wildman–Crippen MR) is 123 cm³/mol. The Morgan fingerprint density at radius 1 is 1.06 bits per heavy atom. The van der Waals surface area contributed by atoms with E-state index in [2.05, 4.69) is 39.2 Å². The van der Waals surface area contributed by atoms with Crippen LogP contribution in [0.25, 0.3) is 0 Å². The van der Waals surface area contributed by atoms with Crippen molar-refractivity contribution in [2.24, 2.45) is 0 Å². The summed E-state index contributed by atoms with van der Waals surface area (Å²) in [6.45, 7) is 4.35. The predicted octanol–water partition coefficient (Wildman–Crippen LogP) is 2.85. The summed E-state index contributed by atoms with van der Waals surface area (Å²) in [5.41, 5.74) is 9.40. The molecule has 0 atom stereocenters. The molecule has 0 saturated carbocycles. The van der Waals surface area contributed by atoms with Gasteiger partial charge in [0.2, 0.25) is 0 Å². The zero-order valence-electron chi connectivity index (χ0n) is 17.5. The number of nitrogens with zero attached hydrogens (tertiary/aromatic N) is 2. The van der Waals surface area contributed by atoms with Crippen molar-refractivity contribution in [3.8, 4) is 17.6 Å². The molecule has 0 spiro atoms. The van der Waals surface area contributed by atoms with Gasteiger partial charge in [-0.1, -0.05) is 24.0 Å². The zero-order chi connectivity index (χ0) is 22.3. The van der Waals surface area contributed by atoms with Gasteiger partial charge in [-0.3, -0.25) is 14.7 Å². The van der Waals surface area contributed by atoms with Gasteiger partial charge in [-0.25, -0.2) is 0 Å². The lowest BCUT2D eigenvalue weighted by Crippen LogP contribution is -2.35. The molecule has 4 N–H and O–H groups in total. The highest BCUT2D eigenvalue weighted by Gasteiger charge is 2.13. The number of benzene rings is 2. The number of pyridine rings is 1. The molecule has 1 amide bonds. The van der Waals surface area contributed by atoms with Crippen molar-refractivity contribution in [3.05, 3.63) is 83.2 Å². The standard InChI is InChI=1S/C25H24N4O3/c26-23-20(7-8-22(24(23)30)28-25(31)21-9-11-27-12-10-21)6-5-18-1-3-19(4-2-18)17-29-13-15-32-16-14-29/h1-4,7-12,30H,13-17,26H2,(H,28,31). The summed E-state index contributed by atoms with van der Waals surface area (Å²) in [7, 11) is 0. The molecule has 7 nitrogen and oxygen atoms in total. The monoisotopic (exact) mass is 428 g/mol. The van der Waals surface area contributed by atoms with Gasteiger partial charge in [-0.15, -0.1) is 0 Å². The van der Waals surface area contributed by atoms with E-state index in [4.69, 9.17) is 10.5 Å². The number of nitrogens with one attached hydrogen (secondary N) is 1. The van der Waals surface area contributed by atoms with Gasteiger partial charge < -0.3 is 20.9 Å². The van der Waals surface area contributed by atoms with Crippen molar-refractivity contribution < 1.29 is 14.6 Å². The van der Waals surface area contributed by atoms with E-state index in [-0.39, 0.29) is 23.0 Å². The molecule has 1 fully saturated rings. The van der Waals surface area contributed by atoms with E-state index in [1.807, 2.05) is 12.1 Å². The molecular weight excluding hydrogens is 404 g/mol. The van der Waals surface area contributed by atoms with Crippen molar-refractivity contribution in [1.29, 1.82) is 0 Å². The maximum absolute atomic E-state index is 12.3. The van der Waals surface area contributed by atoms with Gasteiger partial charge in [-0.2, -0.15) is 0 Å². The fourth-order valence-electron chi connectivity index (χ4n) is 3.37. The normalized spacial score (nSPS) is 13.8. The quantitative estimate of drug-likeness (QED) is 0.336. The summed E-state index contributed by atoms with van der Waals surface area (Å²) < 4.78 is 5.38. The summed E-state index contributed by atoms with van der Waals surface area (Å²) in [6.07, 6.45) is 3.05. The van der Waals surface area contributed by atoms with E-state index >= 15 is 0 Å². The summed E-state index contributed by atoms with van der Waals surface area (Å²) in [5.74, 6) is 5.51. The number of phenolic OH excluding ortho intramolecular Hbond substituents is 1. The second-order valence-corrected chi connectivity index (χ2v) is 7.45. The minimum absolute atomic E-state index is 0.119. The first-order valence-electron chi connectivity index (χ1n) is 10.3. The molecular formula is C25H24N4O3. The molecule has 3 aromatic rings. The lowest BCUT2D eigenvalue weighted by molar-refractivity contribution is 0.0342. The molecule has 2 aromatic carbocycles. The van der Waals surface area contributed by atoms with Crippen LogP contribution in [-0.2, 0) is 11.3 Å². The molecule has 0 bridgehead atoms. The van der Waals surface area contributed by atoms with Crippen LogP contribution in [0.5, 0.6) is 5.75 Å². The Morgan fingerprint density at radius 2 is 1.78 bits per heavy atom. The van der Waals surface area contributed by atoms with Crippen molar-refractivity contribution in [2.75, 3.05) is 37.4 Å². The van der Waals surface area contributed by atoms with E-state index in [0.29, 0.717) is 11.1 Å². The Bertz CT molecular complexity index is 1150. The SMILES string of the molecule is Nc1c(C#Cc2ccc(CN3CCOCC3)cc2)ccc(NC(=O)c2ccncc2)c1O. The molecule has 1 aliphatic rings. The lowest BCUT2D eigenvalue weighted by Gasteiger charge is -2.26. The van der Waals surface area contributed by atoms with Crippen LogP contribution in [0.1, 0.15) is 27.0 Å². The van der Waals surface area contributed by atoms with Crippen LogP contribution >= 0.6 is 0 Å². The van der Waals surface area contributed by atoms with Gasteiger partial charge in [0, 0.05) is 43.2 Å². The number of hydrogen-bond acceptors (Lipinski definition) is 6. The lowest BCUT2D eigenvalue weighted by atomic mass is 10.1. The van der Waals surface area contributed by atoms with Gasteiger partial charge >= 0.3 is 0 Å². The number of phenols is 1. The van der Waals surface area contributed by atoms with Crippen molar-refractivity contribution in [2.45, 2.75) is 6.54 Å². The maximum atomic E-state index is 12.3. The summed E-state index contributed by atoms with van der Waals surface area (Å²) >= 11 is 0. The van der Waals surface area contributed by atoms with E-state index in [1.54, 1.807) is 24.3 Å². The van der Waals surface area contributed by atoms with Gasteiger partial charge in [0.15, 0.2) is 5.75 Å². The fraction of sp³-hybridized carbons (Fsp3) is 0.200.